The smallest absolute Gasteiger partial charge is 0.295 e. The van der Waals surface area contributed by atoms with Gasteiger partial charge in [0.05, 0.1) is 10.5 Å². The van der Waals surface area contributed by atoms with Crippen LogP contribution in [0.4, 0.5) is 15.8 Å². The molecule has 0 saturated heterocycles. The van der Waals surface area contributed by atoms with Crippen LogP contribution in [0.2, 0.25) is 0 Å². The van der Waals surface area contributed by atoms with E-state index in [1.54, 1.807) is 12.1 Å². The van der Waals surface area contributed by atoms with Gasteiger partial charge in [0.1, 0.15) is 0 Å². The zero-order chi connectivity index (χ0) is 14.5. The number of halogens is 1. The van der Waals surface area contributed by atoms with Crippen LogP contribution < -0.4 is 5.32 Å². The molecular weight excluding hydrogens is 263 g/mol. The van der Waals surface area contributed by atoms with Gasteiger partial charge in [-0.25, -0.2) is 4.39 Å². The van der Waals surface area contributed by atoms with E-state index >= 15 is 0 Å². The predicted molar refractivity (Wildman–Crippen MR) is 72.2 cm³/mol. The summed E-state index contributed by atoms with van der Waals surface area (Å²) in [6.07, 6.45) is 0.326. The van der Waals surface area contributed by atoms with Gasteiger partial charge in [0.2, 0.25) is 0 Å². The zero-order valence-electron chi connectivity index (χ0n) is 10.4. The monoisotopic (exact) mass is 274 g/mol. The number of nitro benzene ring substituents is 1. The number of anilines is 1. The van der Waals surface area contributed by atoms with Gasteiger partial charge in [-0.2, -0.15) is 0 Å². The molecule has 0 bridgehead atoms. The van der Waals surface area contributed by atoms with Crippen LogP contribution in [0.1, 0.15) is 15.9 Å². The van der Waals surface area contributed by atoms with Crippen LogP contribution in [0.15, 0.2) is 42.5 Å². The van der Waals surface area contributed by atoms with Crippen molar-refractivity contribution in [3.8, 4) is 0 Å². The molecule has 5 nitrogen and oxygen atoms in total. The number of hydrogen-bond acceptors (Lipinski definition) is 4. The van der Waals surface area contributed by atoms with Gasteiger partial charge in [-0.05, 0) is 11.6 Å². The van der Waals surface area contributed by atoms with Gasteiger partial charge in [-0.15, -0.1) is 0 Å². The normalized spacial score (nSPS) is 10.1. The minimum atomic E-state index is -0.912. The van der Waals surface area contributed by atoms with Gasteiger partial charge in [0.15, 0.2) is 17.8 Å². The lowest BCUT2D eigenvalue weighted by Crippen LogP contribution is -2.06. The maximum atomic E-state index is 14.0. The molecular formula is C14H11FN2O3. The average Bonchev–Trinajstić information content (AvgIpc) is 2.46. The van der Waals surface area contributed by atoms with Gasteiger partial charge >= 0.3 is 0 Å². The molecule has 0 saturated carbocycles. The van der Waals surface area contributed by atoms with Crippen LogP contribution in [0.3, 0.4) is 0 Å². The van der Waals surface area contributed by atoms with Crippen LogP contribution in [0.5, 0.6) is 0 Å². The first-order valence-electron chi connectivity index (χ1n) is 5.83. The summed E-state index contributed by atoms with van der Waals surface area (Å²) in [6.45, 7) is 0.223. The van der Waals surface area contributed by atoms with E-state index in [1.807, 2.05) is 18.2 Å². The molecule has 0 unspecified atom stereocenters. The lowest BCUT2D eigenvalue weighted by Gasteiger charge is -2.09. The number of benzene rings is 2. The van der Waals surface area contributed by atoms with Crippen molar-refractivity contribution in [2.45, 2.75) is 6.54 Å². The number of nitro groups is 1. The number of carbonyl (C=O) groups excluding carboxylic acids is 1. The van der Waals surface area contributed by atoms with E-state index in [1.165, 1.54) is 0 Å². The third-order valence-corrected chi connectivity index (χ3v) is 2.79. The fourth-order valence-corrected chi connectivity index (χ4v) is 1.78. The standard InChI is InChI=1S/C14H11FN2O3/c15-13-11(9-18)6-7-12(17(19)20)14(13)16-8-10-4-2-1-3-5-10/h1-7,9,16H,8H2. The second-order valence-corrected chi connectivity index (χ2v) is 4.08. The summed E-state index contributed by atoms with van der Waals surface area (Å²) in [6, 6.07) is 11.3. The number of hydrogen-bond donors (Lipinski definition) is 1. The van der Waals surface area contributed by atoms with E-state index in [4.69, 9.17) is 0 Å². The number of nitrogens with one attached hydrogen (secondary N) is 1. The van der Waals surface area contributed by atoms with Gasteiger partial charge in [0, 0.05) is 12.6 Å². The van der Waals surface area contributed by atoms with E-state index in [0.717, 1.165) is 17.7 Å². The van der Waals surface area contributed by atoms with E-state index < -0.39 is 16.4 Å². The van der Waals surface area contributed by atoms with Crippen molar-refractivity contribution in [3.05, 3.63) is 69.5 Å². The minimum Gasteiger partial charge on any atom is -0.373 e. The molecule has 0 aliphatic rings. The SMILES string of the molecule is O=Cc1ccc([N+](=O)[O-])c(NCc2ccccc2)c1F. The van der Waals surface area contributed by atoms with Crippen molar-refractivity contribution in [1.82, 2.24) is 0 Å². The van der Waals surface area contributed by atoms with Crippen molar-refractivity contribution in [1.29, 1.82) is 0 Å². The van der Waals surface area contributed by atoms with Crippen molar-refractivity contribution in [2.24, 2.45) is 0 Å². The van der Waals surface area contributed by atoms with Crippen molar-refractivity contribution < 1.29 is 14.1 Å². The molecule has 2 aromatic carbocycles. The highest BCUT2D eigenvalue weighted by Gasteiger charge is 2.20. The molecule has 0 aromatic heterocycles. The first-order valence-corrected chi connectivity index (χ1v) is 5.83. The second-order valence-electron chi connectivity index (χ2n) is 4.08. The molecule has 0 radical (unpaired) electrons. The summed E-state index contributed by atoms with van der Waals surface area (Å²) in [5, 5.41) is 13.6. The lowest BCUT2D eigenvalue weighted by molar-refractivity contribution is -0.384. The van der Waals surface area contributed by atoms with Gasteiger partial charge in [-0.3, -0.25) is 14.9 Å². The topological polar surface area (TPSA) is 72.2 Å². The van der Waals surface area contributed by atoms with Crippen molar-refractivity contribution in [2.75, 3.05) is 5.32 Å². The zero-order valence-corrected chi connectivity index (χ0v) is 10.4. The molecule has 0 spiro atoms. The average molecular weight is 274 g/mol. The fourth-order valence-electron chi connectivity index (χ4n) is 1.78. The van der Waals surface area contributed by atoms with Crippen LogP contribution in [0.25, 0.3) is 0 Å². The molecule has 0 heterocycles. The molecule has 2 aromatic rings. The largest absolute Gasteiger partial charge is 0.373 e. The summed E-state index contributed by atoms with van der Waals surface area (Å²) in [5.41, 5.74) is -0.0450. The summed E-state index contributed by atoms with van der Waals surface area (Å²) in [4.78, 5) is 20.9. The second kappa shape index (κ2) is 5.92. The molecule has 0 amide bonds. The molecule has 0 fully saturated rings. The fraction of sp³-hybridized carbons (Fsp3) is 0.0714. The first kappa shape index (κ1) is 13.7. The Kier molecular flexibility index (Phi) is 4.05. The summed E-state index contributed by atoms with van der Waals surface area (Å²) in [5.74, 6) is -0.912. The number of carbonyl (C=O) groups is 1. The molecule has 1 N–H and O–H groups in total. The molecule has 102 valence electrons. The highest BCUT2D eigenvalue weighted by molar-refractivity contribution is 5.80. The number of rotatable bonds is 5. The minimum absolute atomic E-state index is 0.217. The van der Waals surface area contributed by atoms with Crippen LogP contribution in [0, 0.1) is 15.9 Å². The maximum Gasteiger partial charge on any atom is 0.295 e. The molecule has 0 aliphatic heterocycles. The van der Waals surface area contributed by atoms with Gasteiger partial charge in [0.25, 0.3) is 5.69 Å². The Balaban J connectivity index is 2.33. The summed E-state index contributed by atoms with van der Waals surface area (Å²) in [7, 11) is 0. The van der Waals surface area contributed by atoms with E-state index in [2.05, 4.69) is 5.32 Å². The van der Waals surface area contributed by atoms with E-state index in [0.29, 0.717) is 6.29 Å². The predicted octanol–water partition coefficient (Wildman–Crippen LogP) is 3.16. The summed E-state index contributed by atoms with van der Waals surface area (Å²) >= 11 is 0. The van der Waals surface area contributed by atoms with Crippen molar-refractivity contribution >= 4 is 17.7 Å². The molecule has 20 heavy (non-hydrogen) atoms. The number of aldehydes is 1. The Hall–Kier alpha value is -2.76. The Morgan fingerprint density at radius 1 is 1.20 bits per heavy atom. The number of nitrogens with zero attached hydrogens (tertiary/aromatic N) is 1. The van der Waals surface area contributed by atoms with E-state index in [9.17, 15) is 19.3 Å². The van der Waals surface area contributed by atoms with Crippen LogP contribution in [-0.4, -0.2) is 11.2 Å². The molecule has 6 heteroatoms. The Labute approximate surface area is 114 Å². The van der Waals surface area contributed by atoms with Crippen LogP contribution >= 0.6 is 0 Å². The highest BCUT2D eigenvalue weighted by atomic mass is 19.1. The first-order chi connectivity index (χ1) is 9.63. The Bertz CT molecular complexity index is 644. The summed E-state index contributed by atoms with van der Waals surface area (Å²) < 4.78 is 14.0. The third kappa shape index (κ3) is 2.80. The van der Waals surface area contributed by atoms with Crippen molar-refractivity contribution in [3.63, 3.8) is 0 Å². The van der Waals surface area contributed by atoms with Crippen LogP contribution in [-0.2, 0) is 6.54 Å². The highest BCUT2D eigenvalue weighted by Crippen LogP contribution is 2.29. The van der Waals surface area contributed by atoms with E-state index in [-0.39, 0.29) is 17.8 Å². The Morgan fingerprint density at radius 2 is 1.90 bits per heavy atom. The molecule has 2 rings (SSSR count). The Morgan fingerprint density at radius 3 is 2.50 bits per heavy atom. The third-order valence-electron chi connectivity index (χ3n) is 2.79. The van der Waals surface area contributed by atoms with Gasteiger partial charge < -0.3 is 5.32 Å². The molecule has 0 atom stereocenters. The maximum absolute atomic E-state index is 14.0. The lowest BCUT2D eigenvalue weighted by atomic mass is 10.1. The van der Waals surface area contributed by atoms with Gasteiger partial charge in [-0.1, -0.05) is 30.3 Å². The molecule has 0 aliphatic carbocycles. The quantitative estimate of drug-likeness (QED) is 0.516.